The van der Waals surface area contributed by atoms with E-state index in [2.05, 4.69) is 40.1 Å². The average molecular weight is 625 g/mol. The Morgan fingerprint density at radius 2 is 1.80 bits per heavy atom. The molecule has 0 bridgehead atoms. The molecule has 9 heteroatoms. The highest BCUT2D eigenvalue weighted by molar-refractivity contribution is 9.10. The fourth-order valence-electron chi connectivity index (χ4n) is 4.87. The van der Waals surface area contributed by atoms with Gasteiger partial charge in [-0.25, -0.2) is 4.79 Å². The number of methoxy groups -OCH3 is 1. The van der Waals surface area contributed by atoms with Gasteiger partial charge in [-0.1, -0.05) is 26.0 Å². The summed E-state index contributed by atoms with van der Waals surface area (Å²) in [6.07, 6.45) is 1.96. The Kier molecular flexibility index (Phi) is 9.27. The number of halogens is 1. The molecule has 2 aromatic carbocycles. The van der Waals surface area contributed by atoms with Crippen LogP contribution < -0.4 is 20.3 Å². The van der Waals surface area contributed by atoms with Crippen LogP contribution in [-0.4, -0.2) is 41.0 Å². The molecule has 0 aliphatic rings. The molecular weight excluding hydrogens is 586 g/mol. The van der Waals surface area contributed by atoms with Gasteiger partial charge in [0.1, 0.15) is 23.7 Å². The minimum atomic E-state index is -0.598. The van der Waals surface area contributed by atoms with Crippen molar-refractivity contribution in [1.29, 1.82) is 0 Å². The third-order valence-electron chi connectivity index (χ3n) is 6.65. The van der Waals surface area contributed by atoms with E-state index in [1.54, 1.807) is 17.9 Å². The second kappa shape index (κ2) is 12.5. The number of amides is 1. The van der Waals surface area contributed by atoms with Gasteiger partial charge in [-0.2, -0.15) is 0 Å². The number of nitrogens with one attached hydrogen (secondary N) is 1. The van der Waals surface area contributed by atoms with Crippen molar-refractivity contribution in [2.45, 2.75) is 66.2 Å². The molecule has 1 atom stereocenters. The molecule has 0 radical (unpaired) electrons. The Balaban J connectivity index is 1.75. The number of benzene rings is 2. The molecule has 2 heterocycles. The summed E-state index contributed by atoms with van der Waals surface area (Å²) in [5.74, 6) is 1.65. The maximum absolute atomic E-state index is 13.9. The molecule has 0 aliphatic heterocycles. The zero-order valence-electron chi connectivity index (χ0n) is 24.7. The summed E-state index contributed by atoms with van der Waals surface area (Å²) in [7, 11) is 1.63. The van der Waals surface area contributed by atoms with Crippen LogP contribution in [0.5, 0.6) is 11.5 Å². The lowest BCUT2D eigenvalue weighted by Crippen LogP contribution is -2.42. The molecular formula is C32H38BrN3O5. The number of hydrogen-bond donors (Lipinski definition) is 1. The first kappa shape index (κ1) is 30.4. The predicted molar refractivity (Wildman–Crippen MR) is 166 cm³/mol. The molecule has 1 amide bonds. The number of carbonyl (C=O) groups is 1. The van der Waals surface area contributed by atoms with Gasteiger partial charge in [0.2, 0.25) is 0 Å². The SMILES string of the molecule is COc1ccc(Cn2c(=O)c3c(C)nccc3c3cc(Br)c(OCC(CC(C)C)NC(=O)OC(C)(C)C)cc32)cc1. The van der Waals surface area contributed by atoms with Gasteiger partial charge >= 0.3 is 6.09 Å². The number of hydrogen-bond acceptors (Lipinski definition) is 6. The fourth-order valence-corrected chi connectivity index (χ4v) is 5.33. The van der Waals surface area contributed by atoms with Crippen LogP contribution in [0.25, 0.3) is 21.7 Å². The molecule has 1 unspecified atom stereocenters. The molecule has 4 rings (SSSR count). The monoisotopic (exact) mass is 623 g/mol. The van der Waals surface area contributed by atoms with Crippen molar-refractivity contribution in [2.24, 2.45) is 5.92 Å². The second-order valence-electron chi connectivity index (χ2n) is 11.6. The first-order valence-corrected chi connectivity index (χ1v) is 14.5. The molecule has 41 heavy (non-hydrogen) atoms. The Hall–Kier alpha value is -3.59. The Bertz CT molecular complexity index is 1610. The molecule has 0 spiro atoms. The zero-order valence-corrected chi connectivity index (χ0v) is 26.3. The summed E-state index contributed by atoms with van der Waals surface area (Å²) in [6, 6.07) is 13.1. The minimum absolute atomic E-state index is 0.119. The van der Waals surface area contributed by atoms with E-state index in [1.807, 2.05) is 70.2 Å². The molecule has 0 aliphatic carbocycles. The highest BCUT2D eigenvalue weighted by atomic mass is 79.9. The summed E-state index contributed by atoms with van der Waals surface area (Å²) in [5.41, 5.74) is 1.66. The zero-order chi connectivity index (χ0) is 29.9. The maximum Gasteiger partial charge on any atom is 0.407 e. The first-order valence-electron chi connectivity index (χ1n) is 13.7. The van der Waals surface area contributed by atoms with Crippen LogP contribution >= 0.6 is 15.9 Å². The Morgan fingerprint density at radius 3 is 2.44 bits per heavy atom. The lowest BCUT2D eigenvalue weighted by Gasteiger charge is -2.25. The van der Waals surface area contributed by atoms with Crippen molar-refractivity contribution < 1.29 is 19.0 Å². The van der Waals surface area contributed by atoms with Crippen LogP contribution in [0.2, 0.25) is 0 Å². The van der Waals surface area contributed by atoms with Gasteiger partial charge in [0.25, 0.3) is 5.56 Å². The number of alkyl carbamates (subject to hydrolysis) is 1. The number of nitrogens with zero attached hydrogens (tertiary/aromatic N) is 2. The van der Waals surface area contributed by atoms with E-state index in [0.29, 0.717) is 35.7 Å². The topological polar surface area (TPSA) is 91.7 Å². The molecule has 0 fully saturated rings. The average Bonchev–Trinajstić information content (AvgIpc) is 2.89. The smallest absolute Gasteiger partial charge is 0.407 e. The van der Waals surface area contributed by atoms with Crippen molar-refractivity contribution in [1.82, 2.24) is 14.9 Å². The summed E-state index contributed by atoms with van der Waals surface area (Å²) in [6.45, 7) is 12.1. The van der Waals surface area contributed by atoms with Gasteiger partial charge in [0.05, 0.1) is 40.8 Å². The lowest BCUT2D eigenvalue weighted by molar-refractivity contribution is 0.0480. The van der Waals surface area contributed by atoms with Gasteiger partial charge in [0.15, 0.2) is 0 Å². The molecule has 8 nitrogen and oxygen atoms in total. The first-order chi connectivity index (χ1) is 19.4. The summed E-state index contributed by atoms with van der Waals surface area (Å²) >= 11 is 3.69. The number of rotatable bonds is 9. The molecule has 2 aromatic heterocycles. The second-order valence-corrected chi connectivity index (χ2v) is 12.5. The van der Waals surface area contributed by atoms with Crippen LogP contribution in [0, 0.1) is 12.8 Å². The number of aryl methyl sites for hydroxylation is 1. The Labute approximate surface area is 249 Å². The van der Waals surface area contributed by atoms with Crippen LogP contribution in [0.4, 0.5) is 4.79 Å². The Morgan fingerprint density at radius 1 is 1.10 bits per heavy atom. The van der Waals surface area contributed by atoms with Crippen LogP contribution in [0.3, 0.4) is 0 Å². The third kappa shape index (κ3) is 7.38. The summed E-state index contributed by atoms with van der Waals surface area (Å²) in [4.78, 5) is 30.8. The fraction of sp³-hybridized carbons (Fsp3) is 0.406. The standard InChI is InChI=1S/C32H38BrN3O5/c1-19(2)14-22(35-31(38)41-32(4,5)6)18-40-28-16-27-25(15-26(28)33)24-12-13-34-20(3)29(24)30(37)36(27)17-21-8-10-23(39-7)11-9-21/h8-13,15-16,19,22H,14,17-18H2,1-7H3,(H,35,38). The van der Waals surface area contributed by atoms with E-state index >= 15 is 0 Å². The van der Waals surface area contributed by atoms with E-state index in [4.69, 9.17) is 14.2 Å². The van der Waals surface area contributed by atoms with Crippen LogP contribution in [-0.2, 0) is 11.3 Å². The molecule has 1 N–H and O–H groups in total. The summed E-state index contributed by atoms with van der Waals surface area (Å²) < 4.78 is 19.6. The third-order valence-corrected chi connectivity index (χ3v) is 7.27. The predicted octanol–water partition coefficient (Wildman–Crippen LogP) is 7.00. The molecule has 0 saturated heterocycles. The number of pyridine rings is 2. The summed E-state index contributed by atoms with van der Waals surface area (Å²) in [5, 5.41) is 5.28. The highest BCUT2D eigenvalue weighted by Crippen LogP contribution is 2.34. The van der Waals surface area contributed by atoms with Gasteiger partial charge in [-0.15, -0.1) is 0 Å². The van der Waals surface area contributed by atoms with Gasteiger partial charge < -0.3 is 24.1 Å². The van der Waals surface area contributed by atoms with Crippen molar-refractivity contribution >= 4 is 43.7 Å². The van der Waals surface area contributed by atoms with Crippen molar-refractivity contribution in [2.75, 3.05) is 13.7 Å². The molecule has 4 aromatic rings. The van der Waals surface area contributed by atoms with Gasteiger partial charge in [0, 0.05) is 17.6 Å². The van der Waals surface area contributed by atoms with E-state index < -0.39 is 11.7 Å². The van der Waals surface area contributed by atoms with E-state index in [1.165, 1.54) is 0 Å². The highest BCUT2D eigenvalue weighted by Gasteiger charge is 2.22. The largest absolute Gasteiger partial charge is 0.497 e. The van der Waals surface area contributed by atoms with Crippen LogP contribution in [0.15, 0.2) is 57.9 Å². The van der Waals surface area contributed by atoms with Gasteiger partial charge in [-0.3, -0.25) is 9.78 Å². The number of fused-ring (bicyclic) bond motifs is 3. The maximum atomic E-state index is 13.9. The number of aromatic nitrogens is 2. The number of carbonyl (C=O) groups excluding carboxylic acids is 1. The van der Waals surface area contributed by atoms with Crippen molar-refractivity contribution in [3.63, 3.8) is 0 Å². The number of ether oxygens (including phenoxy) is 3. The molecule has 0 saturated carbocycles. The lowest BCUT2D eigenvalue weighted by atomic mass is 10.0. The van der Waals surface area contributed by atoms with Crippen molar-refractivity contribution in [3.8, 4) is 11.5 Å². The molecule has 218 valence electrons. The van der Waals surface area contributed by atoms with Crippen LogP contribution in [0.1, 0.15) is 52.3 Å². The van der Waals surface area contributed by atoms with E-state index in [9.17, 15) is 9.59 Å². The van der Waals surface area contributed by atoms with E-state index in [-0.39, 0.29) is 18.2 Å². The minimum Gasteiger partial charge on any atom is -0.497 e. The van der Waals surface area contributed by atoms with Crippen molar-refractivity contribution in [3.05, 3.63) is 74.7 Å². The van der Waals surface area contributed by atoms with Gasteiger partial charge in [-0.05, 0) is 91.2 Å². The van der Waals surface area contributed by atoms with E-state index in [0.717, 1.165) is 32.1 Å². The quantitative estimate of drug-likeness (QED) is 0.202. The normalized spacial score (nSPS) is 12.5.